The summed E-state index contributed by atoms with van der Waals surface area (Å²) in [5.41, 5.74) is 11.3. The number of carbonyl (C=O) groups excluding carboxylic acids is 3. The summed E-state index contributed by atoms with van der Waals surface area (Å²) >= 11 is 0. The van der Waals surface area contributed by atoms with E-state index in [9.17, 15) is 29.4 Å². The molecule has 0 aromatic carbocycles. The Labute approximate surface area is 183 Å². The second-order valence-electron chi connectivity index (χ2n) is 8.39. The minimum absolute atomic E-state index is 0.0447. The molecule has 0 aliphatic heterocycles. The number of aliphatic hydroxyl groups is 1. The number of nitrogens with two attached hydrogens (primary N) is 2. The summed E-state index contributed by atoms with van der Waals surface area (Å²) in [6.07, 6.45) is 2.13. The van der Waals surface area contributed by atoms with Crippen molar-refractivity contribution in [1.82, 2.24) is 16.0 Å². The van der Waals surface area contributed by atoms with Crippen molar-refractivity contribution in [2.75, 3.05) is 13.2 Å². The van der Waals surface area contributed by atoms with Crippen LogP contribution in [0.5, 0.6) is 0 Å². The third kappa shape index (κ3) is 11.1. The first-order chi connectivity index (χ1) is 14.4. The normalized spacial score (nSPS) is 15.1. The van der Waals surface area contributed by atoms with Crippen LogP contribution in [0.25, 0.3) is 0 Å². The van der Waals surface area contributed by atoms with E-state index < -0.39 is 60.4 Å². The number of aliphatic hydroxyl groups excluding tert-OH is 1. The average Bonchev–Trinajstić information content (AvgIpc) is 2.68. The van der Waals surface area contributed by atoms with Crippen LogP contribution in [-0.2, 0) is 19.2 Å². The van der Waals surface area contributed by atoms with Crippen molar-refractivity contribution in [1.29, 1.82) is 0 Å². The zero-order valence-corrected chi connectivity index (χ0v) is 18.9. The van der Waals surface area contributed by atoms with E-state index in [1.807, 2.05) is 13.8 Å². The molecule has 3 amide bonds. The molecule has 0 saturated heterocycles. The Morgan fingerprint density at radius 2 is 1.42 bits per heavy atom. The molecular weight excluding hydrogens is 406 g/mol. The Balaban J connectivity index is 5.15. The van der Waals surface area contributed by atoms with E-state index in [1.54, 1.807) is 13.8 Å². The number of carbonyl (C=O) groups is 4. The molecule has 11 nitrogen and oxygen atoms in total. The van der Waals surface area contributed by atoms with Gasteiger partial charge in [-0.05, 0) is 37.6 Å². The van der Waals surface area contributed by atoms with Crippen LogP contribution in [0, 0.1) is 11.8 Å². The van der Waals surface area contributed by atoms with Gasteiger partial charge in [0.1, 0.15) is 18.1 Å². The molecular formula is C20H39N5O6. The van der Waals surface area contributed by atoms with Gasteiger partial charge in [-0.2, -0.15) is 0 Å². The number of rotatable bonds is 15. The largest absolute Gasteiger partial charge is 0.480 e. The van der Waals surface area contributed by atoms with Crippen LogP contribution < -0.4 is 27.4 Å². The molecule has 0 rings (SSSR count). The molecule has 9 N–H and O–H groups in total. The molecule has 4 unspecified atom stereocenters. The van der Waals surface area contributed by atoms with Gasteiger partial charge in [0, 0.05) is 0 Å². The lowest BCUT2D eigenvalue weighted by Gasteiger charge is -2.26. The van der Waals surface area contributed by atoms with E-state index >= 15 is 0 Å². The number of hydrogen-bond donors (Lipinski definition) is 7. The molecule has 0 fully saturated rings. The third-order valence-electron chi connectivity index (χ3n) is 4.69. The minimum Gasteiger partial charge on any atom is -0.480 e. The first-order valence-electron chi connectivity index (χ1n) is 10.6. The number of unbranched alkanes of at least 4 members (excludes halogenated alkanes) is 1. The van der Waals surface area contributed by atoms with Crippen LogP contribution in [-0.4, -0.2) is 71.2 Å². The quantitative estimate of drug-likeness (QED) is 0.150. The average molecular weight is 446 g/mol. The number of carboxylic acids is 1. The van der Waals surface area contributed by atoms with Crippen LogP contribution in [0.1, 0.15) is 53.4 Å². The molecule has 0 heterocycles. The third-order valence-corrected chi connectivity index (χ3v) is 4.69. The Kier molecular flexibility index (Phi) is 13.6. The fourth-order valence-electron chi connectivity index (χ4n) is 2.86. The van der Waals surface area contributed by atoms with Crippen LogP contribution >= 0.6 is 0 Å². The fourth-order valence-corrected chi connectivity index (χ4v) is 2.86. The van der Waals surface area contributed by atoms with Crippen molar-refractivity contribution >= 4 is 23.7 Å². The molecule has 0 aromatic rings. The van der Waals surface area contributed by atoms with Crippen molar-refractivity contribution in [2.24, 2.45) is 23.3 Å². The highest BCUT2D eigenvalue weighted by Crippen LogP contribution is 2.08. The molecule has 0 spiro atoms. The second kappa shape index (κ2) is 14.7. The molecule has 11 heteroatoms. The first kappa shape index (κ1) is 28.8. The van der Waals surface area contributed by atoms with Crippen molar-refractivity contribution in [3.8, 4) is 0 Å². The van der Waals surface area contributed by atoms with Gasteiger partial charge in [-0.15, -0.1) is 0 Å². The van der Waals surface area contributed by atoms with Gasteiger partial charge in [0.2, 0.25) is 17.7 Å². The highest BCUT2D eigenvalue weighted by Gasteiger charge is 2.31. The van der Waals surface area contributed by atoms with E-state index in [-0.39, 0.29) is 12.3 Å². The standard InChI is InChI=1S/C20H39N5O6/c1-11(2)9-14(23-17(27)13(22)7-5-6-8-21)18(28)24-15(10-26)19(29)25-16(12(3)4)20(30)31/h11-16,26H,5-10,21-22H2,1-4H3,(H,23,27)(H,24,28)(H,25,29)(H,30,31). The summed E-state index contributed by atoms with van der Waals surface area (Å²) in [6, 6.07) is -4.29. The second-order valence-corrected chi connectivity index (χ2v) is 8.39. The highest BCUT2D eigenvalue weighted by atomic mass is 16.4. The smallest absolute Gasteiger partial charge is 0.326 e. The van der Waals surface area contributed by atoms with Gasteiger partial charge in [-0.3, -0.25) is 14.4 Å². The maximum atomic E-state index is 12.7. The molecule has 0 aliphatic rings. The van der Waals surface area contributed by atoms with Gasteiger partial charge in [0.15, 0.2) is 0 Å². The summed E-state index contributed by atoms with van der Waals surface area (Å²) < 4.78 is 0. The number of hydrogen-bond acceptors (Lipinski definition) is 7. The zero-order chi connectivity index (χ0) is 24.1. The topological polar surface area (TPSA) is 197 Å². The van der Waals surface area contributed by atoms with Gasteiger partial charge in [-0.1, -0.05) is 34.1 Å². The van der Waals surface area contributed by atoms with Crippen molar-refractivity contribution < 1.29 is 29.4 Å². The Bertz CT molecular complexity index is 599. The van der Waals surface area contributed by atoms with Crippen molar-refractivity contribution in [3.63, 3.8) is 0 Å². The van der Waals surface area contributed by atoms with Crippen molar-refractivity contribution in [2.45, 2.75) is 77.5 Å². The highest BCUT2D eigenvalue weighted by molar-refractivity contribution is 5.94. The van der Waals surface area contributed by atoms with Crippen molar-refractivity contribution in [3.05, 3.63) is 0 Å². The van der Waals surface area contributed by atoms with Gasteiger partial charge < -0.3 is 37.6 Å². The first-order valence-corrected chi connectivity index (χ1v) is 10.6. The Morgan fingerprint density at radius 3 is 1.87 bits per heavy atom. The Morgan fingerprint density at radius 1 is 0.871 bits per heavy atom. The lowest BCUT2D eigenvalue weighted by atomic mass is 10.0. The van der Waals surface area contributed by atoms with E-state index in [0.29, 0.717) is 19.4 Å². The number of aliphatic carboxylic acids is 1. The summed E-state index contributed by atoms with van der Waals surface area (Å²) in [5, 5.41) is 26.1. The molecule has 180 valence electrons. The lowest BCUT2D eigenvalue weighted by molar-refractivity contribution is -0.143. The molecule has 0 bridgehead atoms. The van der Waals surface area contributed by atoms with Crippen LogP contribution in [0.4, 0.5) is 0 Å². The number of amides is 3. The maximum Gasteiger partial charge on any atom is 0.326 e. The molecule has 0 aromatic heterocycles. The van der Waals surface area contributed by atoms with Gasteiger partial charge >= 0.3 is 5.97 Å². The predicted molar refractivity (Wildman–Crippen MR) is 116 cm³/mol. The molecule has 0 radical (unpaired) electrons. The van der Waals surface area contributed by atoms with E-state index in [1.165, 1.54) is 0 Å². The maximum absolute atomic E-state index is 12.7. The summed E-state index contributed by atoms with van der Waals surface area (Å²) in [4.78, 5) is 48.8. The molecule has 4 atom stereocenters. The number of nitrogens with one attached hydrogen (secondary N) is 3. The summed E-state index contributed by atoms with van der Waals surface area (Å²) in [5.74, 6) is -3.56. The van der Waals surface area contributed by atoms with E-state index in [4.69, 9.17) is 11.5 Å². The summed E-state index contributed by atoms with van der Waals surface area (Å²) in [7, 11) is 0. The minimum atomic E-state index is -1.36. The van der Waals surface area contributed by atoms with Crippen LogP contribution in [0.2, 0.25) is 0 Å². The van der Waals surface area contributed by atoms with Gasteiger partial charge in [0.25, 0.3) is 0 Å². The van der Waals surface area contributed by atoms with E-state index in [2.05, 4.69) is 16.0 Å². The van der Waals surface area contributed by atoms with Gasteiger partial charge in [-0.25, -0.2) is 4.79 Å². The lowest BCUT2D eigenvalue weighted by Crippen LogP contribution is -2.58. The molecule has 0 aliphatic carbocycles. The van der Waals surface area contributed by atoms with E-state index in [0.717, 1.165) is 6.42 Å². The van der Waals surface area contributed by atoms with Crippen LogP contribution in [0.15, 0.2) is 0 Å². The number of carboxylic acid groups (broad SMARTS) is 1. The zero-order valence-electron chi connectivity index (χ0n) is 18.9. The van der Waals surface area contributed by atoms with Gasteiger partial charge in [0.05, 0.1) is 12.6 Å². The molecule has 31 heavy (non-hydrogen) atoms. The molecule has 0 saturated carbocycles. The summed E-state index contributed by atoms with van der Waals surface area (Å²) in [6.45, 7) is 6.74. The predicted octanol–water partition coefficient (Wildman–Crippen LogP) is -1.32. The monoisotopic (exact) mass is 445 g/mol. The fraction of sp³-hybridized carbons (Fsp3) is 0.800. The Hall–Kier alpha value is -2.24. The SMILES string of the molecule is CC(C)CC(NC(=O)C(N)CCCCN)C(=O)NC(CO)C(=O)NC(C(=O)O)C(C)C. The van der Waals surface area contributed by atoms with Crippen LogP contribution in [0.3, 0.4) is 0 Å².